The fourth-order valence-corrected chi connectivity index (χ4v) is 4.10. The summed E-state index contributed by atoms with van der Waals surface area (Å²) in [4.78, 5) is 0. The predicted octanol–water partition coefficient (Wildman–Crippen LogP) is 3.05. The van der Waals surface area contributed by atoms with Crippen molar-refractivity contribution in [1.29, 1.82) is 0 Å². The van der Waals surface area contributed by atoms with E-state index in [0.717, 1.165) is 0 Å². The Bertz CT molecular complexity index is 397. The summed E-state index contributed by atoms with van der Waals surface area (Å²) >= 11 is 0. The Labute approximate surface area is 117 Å². The number of benzene rings is 1. The van der Waals surface area contributed by atoms with E-state index in [0.29, 0.717) is 5.41 Å². The summed E-state index contributed by atoms with van der Waals surface area (Å²) in [5.74, 6) is 0. The average Bonchev–Trinajstić information content (AvgIpc) is 2.50. The SMILES string of the molecule is CNC1(c2ccccc2)CCC2(CCNCC2)CC1. The smallest absolute Gasteiger partial charge is 0.0432 e. The van der Waals surface area contributed by atoms with E-state index < -0.39 is 0 Å². The van der Waals surface area contributed by atoms with Crippen LogP contribution in [0.1, 0.15) is 44.1 Å². The van der Waals surface area contributed by atoms with Crippen molar-refractivity contribution in [3.05, 3.63) is 35.9 Å². The van der Waals surface area contributed by atoms with E-state index in [2.05, 4.69) is 48.0 Å². The molecular weight excluding hydrogens is 232 g/mol. The minimum atomic E-state index is 0.220. The van der Waals surface area contributed by atoms with Crippen LogP contribution >= 0.6 is 0 Å². The molecule has 0 amide bonds. The quantitative estimate of drug-likeness (QED) is 0.852. The lowest BCUT2D eigenvalue weighted by atomic mass is 9.62. The number of piperidine rings is 1. The van der Waals surface area contributed by atoms with Gasteiger partial charge >= 0.3 is 0 Å². The number of hydrogen-bond acceptors (Lipinski definition) is 2. The monoisotopic (exact) mass is 258 g/mol. The Kier molecular flexibility index (Phi) is 3.64. The summed E-state index contributed by atoms with van der Waals surface area (Å²) in [5, 5.41) is 7.15. The molecule has 2 fully saturated rings. The standard InChI is InChI=1S/C17H26N2/c1-18-17(15-5-3-2-4-6-15)9-7-16(8-10-17)11-13-19-14-12-16/h2-6,18-19H,7-14H2,1H3. The maximum absolute atomic E-state index is 3.64. The molecule has 2 nitrogen and oxygen atoms in total. The Morgan fingerprint density at radius 2 is 1.53 bits per heavy atom. The lowest BCUT2D eigenvalue weighted by molar-refractivity contribution is 0.0773. The van der Waals surface area contributed by atoms with Crippen LogP contribution in [0.3, 0.4) is 0 Å². The van der Waals surface area contributed by atoms with Crippen LogP contribution in [0.15, 0.2) is 30.3 Å². The number of nitrogens with one attached hydrogen (secondary N) is 2. The molecule has 1 aromatic carbocycles. The van der Waals surface area contributed by atoms with Crippen LogP contribution < -0.4 is 10.6 Å². The van der Waals surface area contributed by atoms with Crippen molar-refractivity contribution in [2.24, 2.45) is 5.41 Å². The normalized spacial score (nSPS) is 25.3. The molecule has 0 unspecified atom stereocenters. The van der Waals surface area contributed by atoms with Gasteiger partial charge in [-0.15, -0.1) is 0 Å². The summed E-state index contributed by atoms with van der Waals surface area (Å²) in [6, 6.07) is 11.0. The van der Waals surface area contributed by atoms with Gasteiger partial charge in [-0.1, -0.05) is 30.3 Å². The molecule has 1 aromatic rings. The van der Waals surface area contributed by atoms with Gasteiger partial charge in [0.2, 0.25) is 0 Å². The van der Waals surface area contributed by atoms with Gasteiger partial charge < -0.3 is 10.6 Å². The molecule has 1 aliphatic heterocycles. The maximum Gasteiger partial charge on any atom is 0.0432 e. The fourth-order valence-electron chi connectivity index (χ4n) is 4.10. The Morgan fingerprint density at radius 3 is 2.11 bits per heavy atom. The molecule has 2 N–H and O–H groups in total. The molecule has 2 heteroatoms. The van der Waals surface area contributed by atoms with E-state index in [1.165, 1.54) is 57.2 Å². The third kappa shape index (κ3) is 2.44. The van der Waals surface area contributed by atoms with Crippen molar-refractivity contribution in [1.82, 2.24) is 10.6 Å². The summed E-state index contributed by atoms with van der Waals surface area (Å²) < 4.78 is 0. The van der Waals surface area contributed by atoms with Gasteiger partial charge in [0, 0.05) is 5.54 Å². The van der Waals surface area contributed by atoms with Crippen molar-refractivity contribution in [2.75, 3.05) is 20.1 Å². The second-order valence-corrected chi connectivity index (χ2v) is 6.45. The van der Waals surface area contributed by atoms with Crippen LogP contribution in [-0.4, -0.2) is 20.1 Å². The molecule has 0 atom stereocenters. The first-order valence-corrected chi connectivity index (χ1v) is 7.74. The van der Waals surface area contributed by atoms with E-state index in [9.17, 15) is 0 Å². The first kappa shape index (κ1) is 13.1. The predicted molar refractivity (Wildman–Crippen MR) is 80.2 cm³/mol. The zero-order chi connectivity index (χ0) is 13.2. The zero-order valence-corrected chi connectivity index (χ0v) is 12.0. The molecule has 0 bridgehead atoms. The molecule has 2 aliphatic rings. The summed E-state index contributed by atoms with van der Waals surface area (Å²) in [6.45, 7) is 2.44. The van der Waals surface area contributed by atoms with E-state index in [-0.39, 0.29) is 5.54 Å². The van der Waals surface area contributed by atoms with E-state index in [1.54, 1.807) is 0 Å². The minimum absolute atomic E-state index is 0.220. The third-order valence-electron chi connectivity index (χ3n) is 5.63. The third-order valence-corrected chi connectivity index (χ3v) is 5.63. The number of hydrogen-bond donors (Lipinski definition) is 2. The molecule has 19 heavy (non-hydrogen) atoms. The molecule has 1 heterocycles. The van der Waals surface area contributed by atoms with Gasteiger partial charge in [-0.2, -0.15) is 0 Å². The second kappa shape index (κ2) is 5.26. The maximum atomic E-state index is 3.64. The first-order valence-electron chi connectivity index (χ1n) is 7.74. The van der Waals surface area contributed by atoms with E-state index in [1.807, 2.05) is 0 Å². The molecule has 0 aromatic heterocycles. The van der Waals surface area contributed by atoms with Gasteiger partial charge in [-0.05, 0) is 69.6 Å². The second-order valence-electron chi connectivity index (χ2n) is 6.45. The average molecular weight is 258 g/mol. The van der Waals surface area contributed by atoms with Crippen LogP contribution in [0.25, 0.3) is 0 Å². The lowest BCUT2D eigenvalue weighted by Gasteiger charge is -2.48. The molecule has 1 saturated heterocycles. The van der Waals surface area contributed by atoms with Crippen molar-refractivity contribution < 1.29 is 0 Å². The Balaban J connectivity index is 1.76. The largest absolute Gasteiger partial charge is 0.317 e. The zero-order valence-electron chi connectivity index (χ0n) is 12.0. The molecular formula is C17H26N2. The van der Waals surface area contributed by atoms with Gasteiger partial charge in [0.05, 0.1) is 0 Å². The highest BCUT2D eigenvalue weighted by atomic mass is 14.9. The van der Waals surface area contributed by atoms with Crippen LogP contribution in [0.4, 0.5) is 0 Å². The fraction of sp³-hybridized carbons (Fsp3) is 0.647. The summed E-state index contributed by atoms with van der Waals surface area (Å²) in [6.07, 6.45) is 8.08. The van der Waals surface area contributed by atoms with E-state index in [4.69, 9.17) is 0 Å². The number of rotatable bonds is 2. The van der Waals surface area contributed by atoms with Gasteiger partial charge in [-0.25, -0.2) is 0 Å². The Morgan fingerprint density at radius 1 is 0.895 bits per heavy atom. The first-order chi connectivity index (χ1) is 9.29. The molecule has 104 valence electrons. The lowest BCUT2D eigenvalue weighted by Crippen LogP contribution is -2.48. The highest BCUT2D eigenvalue weighted by molar-refractivity contribution is 5.25. The van der Waals surface area contributed by atoms with Gasteiger partial charge in [0.15, 0.2) is 0 Å². The van der Waals surface area contributed by atoms with Crippen LogP contribution in [0.5, 0.6) is 0 Å². The highest BCUT2D eigenvalue weighted by Gasteiger charge is 2.42. The highest BCUT2D eigenvalue weighted by Crippen LogP contribution is 2.49. The molecule has 1 aliphatic carbocycles. The van der Waals surface area contributed by atoms with Crippen LogP contribution in [-0.2, 0) is 5.54 Å². The van der Waals surface area contributed by atoms with Crippen molar-refractivity contribution in [3.63, 3.8) is 0 Å². The van der Waals surface area contributed by atoms with Crippen molar-refractivity contribution in [2.45, 2.75) is 44.1 Å². The van der Waals surface area contributed by atoms with Crippen LogP contribution in [0, 0.1) is 5.41 Å². The van der Waals surface area contributed by atoms with Crippen molar-refractivity contribution in [3.8, 4) is 0 Å². The van der Waals surface area contributed by atoms with Crippen LogP contribution in [0.2, 0.25) is 0 Å². The van der Waals surface area contributed by atoms with Gasteiger partial charge in [-0.3, -0.25) is 0 Å². The molecule has 3 rings (SSSR count). The van der Waals surface area contributed by atoms with E-state index >= 15 is 0 Å². The molecule has 1 saturated carbocycles. The summed E-state index contributed by atoms with van der Waals surface area (Å²) in [7, 11) is 2.13. The summed E-state index contributed by atoms with van der Waals surface area (Å²) in [5.41, 5.74) is 2.33. The molecule has 1 spiro atoms. The Hall–Kier alpha value is -0.860. The van der Waals surface area contributed by atoms with Gasteiger partial charge in [0.1, 0.15) is 0 Å². The topological polar surface area (TPSA) is 24.1 Å². The molecule has 0 radical (unpaired) electrons. The minimum Gasteiger partial charge on any atom is -0.317 e. The van der Waals surface area contributed by atoms with Gasteiger partial charge in [0.25, 0.3) is 0 Å². The van der Waals surface area contributed by atoms with Crippen molar-refractivity contribution >= 4 is 0 Å².